The molecule has 1 aromatic heterocycles. The topological polar surface area (TPSA) is 51.7 Å². The Morgan fingerprint density at radius 3 is 2.64 bits per heavy atom. The van der Waals surface area contributed by atoms with Crippen LogP contribution in [0.2, 0.25) is 0 Å². The Morgan fingerprint density at radius 1 is 1.36 bits per heavy atom. The van der Waals surface area contributed by atoms with E-state index in [9.17, 15) is 4.79 Å². The first-order valence-electron chi connectivity index (χ1n) is 9.22. The number of nitrogens with zero attached hydrogens (tertiary/aromatic N) is 2. The first kappa shape index (κ1) is 21.0. The van der Waals surface area contributed by atoms with Gasteiger partial charge >= 0.3 is 6.09 Å². The lowest BCUT2D eigenvalue weighted by Crippen LogP contribution is -2.48. The maximum atomic E-state index is 13.0. The zero-order valence-electron chi connectivity index (χ0n) is 16.3. The highest BCUT2D eigenvalue weighted by atomic mass is 79.9. The fourth-order valence-corrected chi connectivity index (χ4v) is 4.18. The zero-order chi connectivity index (χ0) is 20.3. The quantitative estimate of drug-likeness (QED) is 0.511. The molecule has 0 bridgehead atoms. The summed E-state index contributed by atoms with van der Waals surface area (Å²) in [6.45, 7) is 9.51. The van der Waals surface area contributed by atoms with Gasteiger partial charge in [0.15, 0.2) is 5.13 Å². The van der Waals surface area contributed by atoms with Crippen molar-refractivity contribution in [2.24, 2.45) is 0 Å². The number of hydrogen-bond acceptors (Lipinski definition) is 5. The molecule has 5 nitrogen and oxygen atoms in total. The van der Waals surface area contributed by atoms with E-state index in [1.54, 1.807) is 17.2 Å². The number of rotatable bonds is 4. The van der Waals surface area contributed by atoms with Crippen molar-refractivity contribution >= 4 is 38.5 Å². The second-order valence-corrected chi connectivity index (χ2v) is 9.53. The maximum Gasteiger partial charge on any atom is 0.416 e. The number of anilines is 1. The molecule has 7 heteroatoms. The average Bonchev–Trinajstić information content (AvgIpc) is 3.14. The Bertz CT molecular complexity index is 802. The molecule has 2 aromatic rings. The van der Waals surface area contributed by atoms with E-state index in [2.05, 4.69) is 27.5 Å². The normalized spacial score (nSPS) is 22.5. The maximum absolute atomic E-state index is 13.0. The van der Waals surface area contributed by atoms with Crippen molar-refractivity contribution in [2.45, 2.75) is 57.5 Å². The number of carbonyl (C=O) groups excluding carboxylic acids is 1. The van der Waals surface area contributed by atoms with Gasteiger partial charge < -0.3 is 9.47 Å². The average molecular weight is 465 g/mol. The fourth-order valence-electron chi connectivity index (χ4n) is 3.22. The number of amides is 1. The largest absolute Gasteiger partial charge is 0.443 e. The van der Waals surface area contributed by atoms with Crippen LogP contribution in [0.5, 0.6) is 0 Å². The van der Waals surface area contributed by atoms with Crippen LogP contribution in [0.15, 0.2) is 53.0 Å². The van der Waals surface area contributed by atoms with Gasteiger partial charge in [0.25, 0.3) is 0 Å². The Balaban J connectivity index is 1.90. The summed E-state index contributed by atoms with van der Waals surface area (Å²) in [7, 11) is 0. The van der Waals surface area contributed by atoms with Crippen molar-refractivity contribution in [1.29, 1.82) is 0 Å². The van der Waals surface area contributed by atoms with Crippen LogP contribution in [0.25, 0.3) is 0 Å². The summed E-state index contributed by atoms with van der Waals surface area (Å²) in [6, 6.07) is 7.97. The third kappa shape index (κ3) is 5.21. The molecular formula is C21H25BrN2O3S. The van der Waals surface area contributed by atoms with Crippen molar-refractivity contribution in [1.82, 2.24) is 4.98 Å². The van der Waals surface area contributed by atoms with Crippen LogP contribution in [-0.4, -0.2) is 28.8 Å². The molecule has 1 aliphatic rings. The van der Waals surface area contributed by atoms with Crippen molar-refractivity contribution in [3.63, 3.8) is 0 Å². The molecule has 2 heterocycles. The second kappa shape index (κ2) is 8.76. The molecule has 1 amide bonds. The fraction of sp³-hybridized carbons (Fsp3) is 0.429. The Hall–Kier alpha value is -1.70. The lowest BCUT2D eigenvalue weighted by molar-refractivity contribution is -0.0361. The van der Waals surface area contributed by atoms with Crippen molar-refractivity contribution < 1.29 is 14.3 Å². The van der Waals surface area contributed by atoms with Gasteiger partial charge in [0, 0.05) is 22.1 Å². The van der Waals surface area contributed by atoms with Gasteiger partial charge in [-0.15, -0.1) is 17.9 Å². The summed E-state index contributed by atoms with van der Waals surface area (Å²) >= 11 is 4.90. The predicted octanol–water partition coefficient (Wildman–Crippen LogP) is 6.12. The van der Waals surface area contributed by atoms with E-state index in [0.717, 1.165) is 10.0 Å². The van der Waals surface area contributed by atoms with Crippen LogP contribution in [0.1, 0.15) is 45.3 Å². The molecule has 1 saturated heterocycles. The van der Waals surface area contributed by atoms with Gasteiger partial charge in [0.05, 0.1) is 12.2 Å². The minimum atomic E-state index is -0.583. The second-order valence-electron chi connectivity index (χ2n) is 7.74. The number of ether oxygens (including phenoxy) is 2. The molecule has 1 aliphatic heterocycles. The van der Waals surface area contributed by atoms with Crippen molar-refractivity contribution in [2.75, 3.05) is 4.90 Å². The standard InChI is InChI=1S/C21H25BrN2O3S/c1-5-17-12-16(13-18(26-17)14-6-8-15(22)9-7-14)24(19-23-10-11-28-19)20(25)27-21(2,3)4/h5-11,16-18H,1,12-13H2,2-4H3/t16?,17-,18+/m1/s1. The smallest absolute Gasteiger partial charge is 0.416 e. The van der Waals surface area contributed by atoms with E-state index in [1.807, 2.05) is 50.4 Å². The van der Waals surface area contributed by atoms with Gasteiger partial charge in [-0.3, -0.25) is 0 Å². The number of hydrogen-bond donors (Lipinski definition) is 0. The lowest BCUT2D eigenvalue weighted by atomic mass is 9.93. The van der Waals surface area contributed by atoms with Gasteiger partial charge in [-0.2, -0.15) is 0 Å². The Labute approximate surface area is 178 Å². The van der Waals surface area contributed by atoms with Crippen LogP contribution in [-0.2, 0) is 9.47 Å². The highest BCUT2D eigenvalue weighted by molar-refractivity contribution is 9.10. The van der Waals surface area contributed by atoms with Crippen LogP contribution < -0.4 is 4.90 Å². The molecule has 28 heavy (non-hydrogen) atoms. The van der Waals surface area contributed by atoms with Gasteiger partial charge in [-0.05, 0) is 51.3 Å². The summed E-state index contributed by atoms with van der Waals surface area (Å²) in [5.74, 6) is 0. The SMILES string of the molecule is C=C[C@@H]1CC(N(C(=O)OC(C)(C)C)c2nccs2)C[C@@H](c2ccc(Br)cc2)O1. The summed E-state index contributed by atoms with van der Waals surface area (Å²) in [5, 5.41) is 2.50. The molecule has 0 N–H and O–H groups in total. The van der Waals surface area contributed by atoms with Crippen LogP contribution in [0, 0.1) is 0 Å². The van der Waals surface area contributed by atoms with Crippen molar-refractivity contribution in [3.05, 3.63) is 58.5 Å². The van der Waals surface area contributed by atoms with Crippen LogP contribution in [0.3, 0.4) is 0 Å². The third-order valence-corrected chi connectivity index (χ3v) is 5.71. The molecule has 0 aliphatic carbocycles. The summed E-state index contributed by atoms with van der Waals surface area (Å²) in [5.41, 5.74) is 0.490. The highest BCUT2D eigenvalue weighted by Gasteiger charge is 2.38. The molecule has 1 fully saturated rings. The van der Waals surface area contributed by atoms with E-state index in [0.29, 0.717) is 18.0 Å². The van der Waals surface area contributed by atoms with Gasteiger partial charge in [0.1, 0.15) is 5.60 Å². The molecule has 150 valence electrons. The molecule has 1 aromatic carbocycles. The van der Waals surface area contributed by atoms with Crippen molar-refractivity contribution in [3.8, 4) is 0 Å². The number of carbonyl (C=O) groups is 1. The van der Waals surface area contributed by atoms with E-state index in [-0.39, 0.29) is 24.3 Å². The molecular weight excluding hydrogens is 440 g/mol. The number of thiazole rings is 1. The zero-order valence-corrected chi connectivity index (χ0v) is 18.7. The molecule has 3 atom stereocenters. The Morgan fingerprint density at radius 2 is 2.07 bits per heavy atom. The number of aromatic nitrogens is 1. The van der Waals surface area contributed by atoms with E-state index in [1.165, 1.54) is 11.3 Å². The van der Waals surface area contributed by atoms with Gasteiger partial charge in [-0.1, -0.05) is 34.1 Å². The highest BCUT2D eigenvalue weighted by Crippen LogP contribution is 2.37. The summed E-state index contributed by atoms with van der Waals surface area (Å²) < 4.78 is 12.9. The van der Waals surface area contributed by atoms with Crippen LogP contribution in [0.4, 0.5) is 9.93 Å². The first-order valence-corrected chi connectivity index (χ1v) is 10.9. The van der Waals surface area contributed by atoms with Crippen LogP contribution >= 0.6 is 27.3 Å². The van der Waals surface area contributed by atoms with E-state index < -0.39 is 5.60 Å². The summed E-state index contributed by atoms with van der Waals surface area (Å²) in [6.07, 6.45) is 4.13. The predicted molar refractivity (Wildman–Crippen MR) is 116 cm³/mol. The van der Waals surface area contributed by atoms with Gasteiger partial charge in [0.2, 0.25) is 0 Å². The number of benzene rings is 1. The molecule has 1 unspecified atom stereocenters. The molecule has 3 rings (SSSR count). The number of halogens is 1. The monoisotopic (exact) mass is 464 g/mol. The first-order chi connectivity index (χ1) is 13.3. The molecule has 0 radical (unpaired) electrons. The van der Waals surface area contributed by atoms with Gasteiger partial charge in [-0.25, -0.2) is 14.7 Å². The molecule has 0 saturated carbocycles. The lowest BCUT2D eigenvalue weighted by Gasteiger charge is -2.39. The minimum Gasteiger partial charge on any atom is -0.443 e. The van der Waals surface area contributed by atoms with E-state index >= 15 is 0 Å². The minimum absolute atomic E-state index is 0.105. The summed E-state index contributed by atoms with van der Waals surface area (Å²) in [4.78, 5) is 19.1. The molecule has 0 spiro atoms. The third-order valence-electron chi connectivity index (χ3n) is 4.41. The van der Waals surface area contributed by atoms with E-state index in [4.69, 9.17) is 9.47 Å². The Kier molecular flexibility index (Phi) is 6.58.